The molecule has 2 atom stereocenters. The molecule has 1 aliphatic rings. The molecule has 162 valence electrons. The summed E-state index contributed by atoms with van der Waals surface area (Å²) in [5, 5.41) is 0.979. The van der Waals surface area contributed by atoms with Crippen molar-refractivity contribution >= 4 is 28.6 Å². The first-order chi connectivity index (χ1) is 14.9. The van der Waals surface area contributed by atoms with E-state index in [1.165, 1.54) is 23.9 Å². The van der Waals surface area contributed by atoms with Crippen molar-refractivity contribution in [3.8, 4) is 0 Å². The monoisotopic (exact) mass is 441 g/mol. The average molecular weight is 442 g/mol. The lowest BCUT2D eigenvalue weighted by Crippen LogP contribution is -2.48. The molecule has 0 aliphatic carbocycles. The summed E-state index contributed by atoms with van der Waals surface area (Å²) in [5.74, 6) is -0.169. The number of benzene rings is 2. The second kappa shape index (κ2) is 9.20. The van der Waals surface area contributed by atoms with Crippen LogP contribution in [0.5, 0.6) is 0 Å². The first-order valence-electron chi connectivity index (χ1n) is 10.2. The summed E-state index contributed by atoms with van der Waals surface area (Å²) in [7, 11) is 0. The third-order valence-electron chi connectivity index (χ3n) is 5.18. The van der Waals surface area contributed by atoms with Gasteiger partial charge in [0, 0.05) is 13.1 Å². The zero-order chi connectivity index (χ0) is 22.0. The van der Waals surface area contributed by atoms with Gasteiger partial charge in [-0.1, -0.05) is 36.0 Å². The fourth-order valence-electron chi connectivity index (χ4n) is 3.77. The quantitative estimate of drug-likeness (QED) is 0.449. The Morgan fingerprint density at radius 2 is 1.81 bits per heavy atom. The van der Waals surface area contributed by atoms with E-state index in [9.17, 15) is 14.0 Å². The van der Waals surface area contributed by atoms with Crippen LogP contribution in [0.3, 0.4) is 0 Å². The van der Waals surface area contributed by atoms with E-state index in [0.29, 0.717) is 29.1 Å². The zero-order valence-corrected chi connectivity index (χ0v) is 18.3. The van der Waals surface area contributed by atoms with Crippen LogP contribution in [-0.2, 0) is 16.1 Å². The average Bonchev–Trinajstić information content (AvgIpc) is 2.75. The number of halogens is 1. The molecule has 1 fully saturated rings. The minimum Gasteiger partial charge on any atom is -0.372 e. The Hall–Kier alpha value is -2.71. The molecule has 4 rings (SSSR count). The number of aromatic nitrogens is 2. The number of rotatable bonds is 5. The summed E-state index contributed by atoms with van der Waals surface area (Å²) in [4.78, 5) is 32.4. The molecule has 31 heavy (non-hydrogen) atoms. The van der Waals surface area contributed by atoms with Crippen LogP contribution >= 0.6 is 11.8 Å². The summed E-state index contributed by atoms with van der Waals surface area (Å²) in [6.45, 7) is 5.26. The number of hydrogen-bond acceptors (Lipinski definition) is 5. The highest BCUT2D eigenvalue weighted by Gasteiger charge is 2.26. The Balaban J connectivity index is 1.61. The molecule has 0 radical (unpaired) electrons. The topological polar surface area (TPSA) is 64.4 Å². The van der Waals surface area contributed by atoms with Crippen LogP contribution < -0.4 is 5.56 Å². The van der Waals surface area contributed by atoms with Gasteiger partial charge in [0.25, 0.3) is 5.56 Å². The second-order valence-electron chi connectivity index (χ2n) is 7.77. The molecule has 1 aromatic heterocycles. The number of thioether (sulfide) groups is 1. The molecule has 3 aromatic rings. The molecule has 0 spiro atoms. The third kappa shape index (κ3) is 4.97. The van der Waals surface area contributed by atoms with Crippen LogP contribution in [0.15, 0.2) is 58.5 Å². The number of amides is 1. The van der Waals surface area contributed by atoms with E-state index in [2.05, 4.69) is 4.98 Å². The maximum Gasteiger partial charge on any atom is 0.262 e. The van der Waals surface area contributed by atoms with E-state index in [-0.39, 0.29) is 41.8 Å². The van der Waals surface area contributed by atoms with Gasteiger partial charge in [-0.2, -0.15) is 0 Å². The number of ether oxygens (including phenoxy) is 1. The van der Waals surface area contributed by atoms with Gasteiger partial charge in [0.05, 0.1) is 35.4 Å². The largest absolute Gasteiger partial charge is 0.372 e. The number of carbonyl (C=O) groups is 1. The number of nitrogens with zero attached hydrogens (tertiary/aromatic N) is 3. The van der Waals surface area contributed by atoms with Crippen molar-refractivity contribution in [2.75, 3.05) is 18.8 Å². The predicted molar refractivity (Wildman–Crippen MR) is 119 cm³/mol. The van der Waals surface area contributed by atoms with E-state index < -0.39 is 0 Å². The Labute approximate surface area is 184 Å². The molecule has 0 unspecified atom stereocenters. The number of carbonyl (C=O) groups excluding carboxylic acids is 1. The smallest absolute Gasteiger partial charge is 0.262 e. The normalized spacial score (nSPS) is 19.0. The van der Waals surface area contributed by atoms with Crippen molar-refractivity contribution in [2.45, 2.75) is 37.8 Å². The van der Waals surface area contributed by atoms with Gasteiger partial charge in [0.2, 0.25) is 5.91 Å². The van der Waals surface area contributed by atoms with Gasteiger partial charge in [-0.05, 0) is 43.7 Å². The molecule has 0 N–H and O–H groups in total. The van der Waals surface area contributed by atoms with Crippen molar-refractivity contribution in [2.24, 2.45) is 0 Å². The molecule has 2 heterocycles. The van der Waals surface area contributed by atoms with Crippen molar-refractivity contribution in [3.63, 3.8) is 0 Å². The van der Waals surface area contributed by atoms with Crippen LogP contribution in [0.1, 0.15) is 19.4 Å². The second-order valence-corrected chi connectivity index (χ2v) is 8.72. The van der Waals surface area contributed by atoms with Gasteiger partial charge in [0.1, 0.15) is 5.82 Å². The fraction of sp³-hybridized carbons (Fsp3) is 0.348. The summed E-state index contributed by atoms with van der Waals surface area (Å²) in [6, 6.07) is 13.2. The number of para-hydroxylation sites is 1. The van der Waals surface area contributed by atoms with Crippen LogP contribution in [-0.4, -0.2) is 51.4 Å². The van der Waals surface area contributed by atoms with Gasteiger partial charge >= 0.3 is 0 Å². The van der Waals surface area contributed by atoms with Crippen molar-refractivity contribution in [1.82, 2.24) is 14.5 Å². The predicted octanol–water partition coefficient (Wildman–Crippen LogP) is 3.31. The molecular formula is C23H24FN3O3S. The first kappa shape index (κ1) is 21.5. The van der Waals surface area contributed by atoms with Crippen molar-refractivity contribution < 1.29 is 13.9 Å². The summed E-state index contributed by atoms with van der Waals surface area (Å²) in [5.41, 5.74) is 1.19. The Morgan fingerprint density at radius 1 is 1.13 bits per heavy atom. The highest BCUT2D eigenvalue weighted by Crippen LogP contribution is 2.21. The molecule has 0 saturated carbocycles. The lowest BCUT2D eigenvalue weighted by Gasteiger charge is -2.35. The molecule has 2 aromatic carbocycles. The maximum absolute atomic E-state index is 13.3. The van der Waals surface area contributed by atoms with Crippen molar-refractivity contribution in [3.05, 3.63) is 70.3 Å². The first-order valence-corrected chi connectivity index (χ1v) is 11.2. The van der Waals surface area contributed by atoms with E-state index in [1.54, 1.807) is 39.8 Å². The lowest BCUT2D eigenvalue weighted by molar-refractivity contribution is -0.140. The van der Waals surface area contributed by atoms with Crippen LogP contribution in [0, 0.1) is 5.82 Å². The van der Waals surface area contributed by atoms with E-state index in [0.717, 1.165) is 5.56 Å². The van der Waals surface area contributed by atoms with E-state index in [4.69, 9.17) is 4.74 Å². The molecular weight excluding hydrogens is 417 g/mol. The highest BCUT2D eigenvalue weighted by atomic mass is 32.2. The molecule has 0 bridgehead atoms. The van der Waals surface area contributed by atoms with Crippen LogP contribution in [0.25, 0.3) is 10.9 Å². The zero-order valence-electron chi connectivity index (χ0n) is 17.5. The molecule has 8 heteroatoms. The number of hydrogen-bond donors (Lipinski definition) is 0. The van der Waals surface area contributed by atoms with Gasteiger partial charge in [-0.3, -0.25) is 14.2 Å². The maximum atomic E-state index is 13.3. The molecule has 6 nitrogen and oxygen atoms in total. The van der Waals surface area contributed by atoms with Crippen LogP contribution in [0.4, 0.5) is 4.39 Å². The summed E-state index contributed by atoms with van der Waals surface area (Å²) in [6.07, 6.45) is -0.0127. The van der Waals surface area contributed by atoms with Gasteiger partial charge in [0.15, 0.2) is 5.16 Å². The molecule has 1 saturated heterocycles. The Morgan fingerprint density at radius 3 is 2.52 bits per heavy atom. The van der Waals surface area contributed by atoms with E-state index in [1.807, 2.05) is 19.9 Å². The highest BCUT2D eigenvalue weighted by molar-refractivity contribution is 7.99. The van der Waals surface area contributed by atoms with Crippen molar-refractivity contribution in [1.29, 1.82) is 0 Å². The molecule has 1 aliphatic heterocycles. The third-order valence-corrected chi connectivity index (χ3v) is 6.14. The summed E-state index contributed by atoms with van der Waals surface area (Å²) < 4.78 is 20.6. The minimum atomic E-state index is -0.332. The van der Waals surface area contributed by atoms with Gasteiger partial charge in [-0.25, -0.2) is 9.37 Å². The number of morpholine rings is 1. The lowest BCUT2D eigenvalue weighted by atomic mass is 10.2. The SMILES string of the molecule is C[C@@H]1CN(C(=O)CSc2nc3ccccc3c(=O)n2Cc2ccc(F)cc2)C[C@H](C)O1. The minimum absolute atomic E-state index is 0.00634. The van der Waals surface area contributed by atoms with Crippen LogP contribution in [0.2, 0.25) is 0 Å². The Kier molecular flexibility index (Phi) is 6.38. The standard InChI is InChI=1S/C23H24FN3O3S/c1-15-11-26(12-16(2)30-15)21(28)14-31-23-25-20-6-4-3-5-19(20)22(29)27(23)13-17-7-9-18(24)10-8-17/h3-10,15-16H,11-14H2,1-2H3/t15-,16+. The molecule has 1 amide bonds. The Bertz CT molecular complexity index is 1140. The fourth-order valence-corrected chi connectivity index (χ4v) is 4.67. The summed E-state index contributed by atoms with van der Waals surface area (Å²) >= 11 is 1.25. The number of fused-ring (bicyclic) bond motifs is 1. The van der Waals surface area contributed by atoms with Gasteiger partial charge in [-0.15, -0.1) is 0 Å². The van der Waals surface area contributed by atoms with Gasteiger partial charge < -0.3 is 9.64 Å². The van der Waals surface area contributed by atoms with E-state index >= 15 is 0 Å².